The largest absolute Gasteiger partial charge is 0.462 e. The lowest BCUT2D eigenvalue weighted by molar-refractivity contribution is -0.149. The number of nitrogens with two attached hydrogens (primary N) is 1. The molecule has 0 saturated carbocycles. The van der Waals surface area contributed by atoms with E-state index >= 15 is 4.39 Å². The van der Waals surface area contributed by atoms with Gasteiger partial charge >= 0.3 is 13.7 Å². The Labute approximate surface area is 230 Å². The lowest BCUT2D eigenvalue weighted by Gasteiger charge is -2.30. The van der Waals surface area contributed by atoms with Crippen molar-refractivity contribution >= 4 is 25.1 Å². The molecule has 0 spiro atoms. The van der Waals surface area contributed by atoms with Crippen molar-refractivity contribution in [1.29, 1.82) is 5.26 Å². The first-order chi connectivity index (χ1) is 18.8. The fraction of sp³-hybridized carbons (Fsp3) is 0.520. The van der Waals surface area contributed by atoms with Crippen molar-refractivity contribution in [3.8, 4) is 6.07 Å². The second-order valence-electron chi connectivity index (χ2n) is 9.95. The van der Waals surface area contributed by atoms with Gasteiger partial charge in [0.2, 0.25) is 5.60 Å². The van der Waals surface area contributed by atoms with Crippen LogP contribution >= 0.6 is 7.75 Å². The quantitative estimate of drug-likeness (QED) is 0.277. The molecule has 2 aliphatic rings. The van der Waals surface area contributed by atoms with Gasteiger partial charge in [0.15, 0.2) is 11.5 Å². The van der Waals surface area contributed by atoms with Crippen LogP contribution in [0.25, 0.3) is 5.52 Å². The molecule has 1 unspecified atom stereocenters. The van der Waals surface area contributed by atoms with Crippen molar-refractivity contribution in [2.75, 3.05) is 12.3 Å². The maximum Gasteiger partial charge on any atom is 0.459 e. The molecule has 0 radical (unpaired) electrons. The summed E-state index contributed by atoms with van der Waals surface area (Å²) in [5.41, 5.74) is 1.13. The van der Waals surface area contributed by atoms with Crippen molar-refractivity contribution in [2.24, 2.45) is 0 Å². The Morgan fingerprint density at radius 2 is 2.20 bits per heavy atom. The first-order valence-corrected chi connectivity index (χ1v) is 14.2. The number of nitrogen functional groups attached to an aromatic ring is 1. The number of hydrogen-bond donors (Lipinski definition) is 3. The van der Waals surface area contributed by atoms with Gasteiger partial charge in [0, 0.05) is 6.42 Å². The van der Waals surface area contributed by atoms with Crippen molar-refractivity contribution in [1.82, 2.24) is 19.7 Å². The third-order valence-electron chi connectivity index (χ3n) is 6.60. The number of halogens is 1. The predicted octanol–water partition coefficient (Wildman–Crippen LogP) is 2.82. The van der Waals surface area contributed by atoms with Gasteiger partial charge < -0.3 is 24.8 Å². The number of carbonyl (C=O) groups is 1. The molecule has 216 valence electrons. The number of aliphatic hydroxyl groups is 1. The molecule has 6 atom stereocenters. The summed E-state index contributed by atoms with van der Waals surface area (Å²) in [6.07, 6.45) is 3.61. The van der Waals surface area contributed by atoms with Gasteiger partial charge in [0.05, 0.1) is 18.4 Å². The minimum atomic E-state index is -4.31. The van der Waals surface area contributed by atoms with E-state index in [0.717, 1.165) is 13.3 Å². The predicted molar refractivity (Wildman–Crippen MR) is 140 cm³/mol. The molecule has 2 aromatic heterocycles. The number of hydrogen-bond acceptors (Lipinski definition) is 11. The average Bonchev–Trinajstić information content (AvgIpc) is 3.41. The van der Waals surface area contributed by atoms with E-state index in [-0.39, 0.29) is 11.5 Å². The minimum Gasteiger partial charge on any atom is -0.462 e. The highest BCUT2D eigenvalue weighted by Crippen LogP contribution is 2.52. The number of aromatic nitrogens is 3. The summed E-state index contributed by atoms with van der Waals surface area (Å²) < 4.78 is 53.6. The number of nitriles is 1. The van der Waals surface area contributed by atoms with E-state index < -0.39 is 55.9 Å². The summed E-state index contributed by atoms with van der Waals surface area (Å²) in [5.74, 6) is -0.276. The molecular formula is C25H32FN6O7P. The number of rotatable bonds is 10. The topological polar surface area (TPSA) is 183 Å². The summed E-state index contributed by atoms with van der Waals surface area (Å²) in [4.78, 5) is 16.3. The smallest absolute Gasteiger partial charge is 0.459 e. The minimum absolute atomic E-state index is 0.0348. The van der Waals surface area contributed by atoms with E-state index in [0.29, 0.717) is 24.1 Å². The molecule has 1 aliphatic heterocycles. The number of esters is 1. The first-order valence-electron chi connectivity index (χ1n) is 12.7. The second-order valence-corrected chi connectivity index (χ2v) is 11.6. The normalized spacial score (nSPS) is 28.6. The molecule has 2 aromatic rings. The Balaban J connectivity index is 1.60. The third kappa shape index (κ3) is 5.48. The Morgan fingerprint density at radius 1 is 1.45 bits per heavy atom. The molecule has 0 bridgehead atoms. The van der Waals surface area contributed by atoms with Crippen LogP contribution in [0, 0.1) is 11.3 Å². The first kappa shape index (κ1) is 29.6. The Hall–Kier alpha value is -3.34. The SMILES string of the molecule is CC(C)OC(=O)[C@H](C)NP(=O)(OC[C@H]1O[C@@](C#N)(c2ccc3c(N)ncnn23)[C@](C)(F)[C@@H]1O)OC1=CC=CCC1. The van der Waals surface area contributed by atoms with Crippen LogP contribution < -0.4 is 10.8 Å². The maximum absolute atomic E-state index is 16.3. The fourth-order valence-corrected chi connectivity index (χ4v) is 6.07. The zero-order chi connectivity index (χ0) is 29.3. The number of anilines is 1. The van der Waals surface area contributed by atoms with Crippen LogP contribution in [0.3, 0.4) is 0 Å². The number of alkyl halides is 1. The number of nitrogens with zero attached hydrogens (tertiary/aromatic N) is 4. The van der Waals surface area contributed by atoms with Crippen LogP contribution in [0.4, 0.5) is 10.2 Å². The maximum atomic E-state index is 16.3. The summed E-state index contributed by atoms with van der Waals surface area (Å²) in [6, 6.07) is 3.63. The number of fused-ring (bicyclic) bond motifs is 1. The van der Waals surface area contributed by atoms with Crippen molar-refractivity contribution in [3.63, 3.8) is 0 Å². The number of carbonyl (C=O) groups excluding carboxylic acids is 1. The van der Waals surface area contributed by atoms with Crippen molar-refractivity contribution < 1.29 is 37.4 Å². The van der Waals surface area contributed by atoms with Gasteiger partial charge in [0.25, 0.3) is 0 Å². The number of aliphatic hydroxyl groups excluding tert-OH is 1. The Morgan fingerprint density at radius 3 is 2.85 bits per heavy atom. The molecule has 0 aromatic carbocycles. The molecule has 4 N–H and O–H groups in total. The Bertz CT molecular complexity index is 1420. The van der Waals surface area contributed by atoms with Crippen molar-refractivity contribution in [3.05, 3.63) is 48.1 Å². The number of ether oxygens (including phenoxy) is 2. The standard InChI is InChI=1S/C25H32FN6O7P/c1-15(2)37-23(34)16(3)31-40(35,39-17-8-6-5-7-9-17)36-12-19-21(33)24(4,26)25(13-27,38-19)20-11-10-18-22(28)29-14-30-32(18)20/h5-6,8,10-11,14-16,19,21,33H,7,9,12H2,1-4H3,(H,31,35)(H2,28,29,30)/t16-,19+,21+,24+,25-,40?/m0/s1. The summed E-state index contributed by atoms with van der Waals surface area (Å²) in [5, 5.41) is 27.7. The molecule has 13 nitrogen and oxygen atoms in total. The van der Waals surface area contributed by atoms with Gasteiger partial charge in [0.1, 0.15) is 41.9 Å². The van der Waals surface area contributed by atoms with Crippen LogP contribution in [0.2, 0.25) is 0 Å². The van der Waals surface area contributed by atoms with Crippen LogP contribution in [-0.4, -0.2) is 62.3 Å². The molecular weight excluding hydrogens is 546 g/mol. The third-order valence-corrected chi connectivity index (χ3v) is 8.27. The van der Waals surface area contributed by atoms with E-state index in [2.05, 4.69) is 15.2 Å². The highest BCUT2D eigenvalue weighted by Gasteiger charge is 2.67. The van der Waals surface area contributed by atoms with Gasteiger partial charge in [-0.15, -0.1) is 0 Å². The zero-order valence-corrected chi connectivity index (χ0v) is 23.4. The molecule has 3 heterocycles. The fourth-order valence-electron chi connectivity index (χ4n) is 4.51. The second kappa shape index (κ2) is 11.3. The van der Waals surface area contributed by atoms with Crippen LogP contribution in [0.15, 0.2) is 42.4 Å². The van der Waals surface area contributed by atoms with Crippen LogP contribution in [0.1, 0.15) is 46.2 Å². The van der Waals surface area contributed by atoms with Gasteiger partial charge in [-0.05, 0) is 52.3 Å². The van der Waals surface area contributed by atoms with E-state index in [9.17, 15) is 19.7 Å². The zero-order valence-electron chi connectivity index (χ0n) is 22.5. The molecule has 0 amide bonds. The molecule has 4 rings (SSSR count). The van der Waals surface area contributed by atoms with Crippen molar-refractivity contribution in [2.45, 2.75) is 76.2 Å². The lowest BCUT2D eigenvalue weighted by Crippen LogP contribution is -2.48. The molecule has 1 aliphatic carbocycles. The summed E-state index contributed by atoms with van der Waals surface area (Å²) >= 11 is 0. The van der Waals surface area contributed by atoms with Gasteiger partial charge in [-0.1, -0.05) is 12.2 Å². The van der Waals surface area contributed by atoms with Gasteiger partial charge in [-0.3, -0.25) is 9.32 Å². The van der Waals surface area contributed by atoms with E-state index in [1.165, 1.54) is 23.6 Å². The Kier molecular flexibility index (Phi) is 8.35. The van der Waals surface area contributed by atoms with E-state index in [1.54, 1.807) is 26.0 Å². The molecule has 1 saturated heterocycles. The van der Waals surface area contributed by atoms with E-state index in [1.807, 2.05) is 12.1 Å². The highest BCUT2D eigenvalue weighted by atomic mass is 31.2. The molecule has 40 heavy (non-hydrogen) atoms. The van der Waals surface area contributed by atoms with Gasteiger partial charge in [-0.25, -0.2) is 18.5 Å². The molecule has 15 heteroatoms. The van der Waals surface area contributed by atoms with Crippen LogP contribution in [0.5, 0.6) is 0 Å². The average molecular weight is 579 g/mol. The van der Waals surface area contributed by atoms with E-state index in [4.69, 9.17) is 24.3 Å². The number of allylic oxidation sites excluding steroid dienone is 4. The highest BCUT2D eigenvalue weighted by molar-refractivity contribution is 7.51. The lowest BCUT2D eigenvalue weighted by atomic mass is 9.82. The van der Waals surface area contributed by atoms with Gasteiger partial charge in [-0.2, -0.15) is 15.4 Å². The summed E-state index contributed by atoms with van der Waals surface area (Å²) in [7, 11) is -4.31. The summed E-state index contributed by atoms with van der Waals surface area (Å²) in [6.45, 7) is 5.11. The van der Waals surface area contributed by atoms with Crippen LogP contribution in [-0.2, 0) is 33.5 Å². The monoisotopic (exact) mass is 578 g/mol. The number of nitrogens with one attached hydrogen (secondary N) is 1. The molecule has 1 fully saturated rings.